The van der Waals surface area contributed by atoms with E-state index in [0.717, 1.165) is 49.2 Å². The Hall–Kier alpha value is -0.880. The Morgan fingerprint density at radius 1 is 1.48 bits per heavy atom. The highest BCUT2D eigenvalue weighted by molar-refractivity contribution is 9.10. The molecule has 0 bridgehead atoms. The predicted molar refractivity (Wildman–Crippen MR) is 87.5 cm³/mol. The van der Waals surface area contributed by atoms with Crippen molar-refractivity contribution in [2.75, 3.05) is 26.2 Å². The fraction of sp³-hybridized carbons (Fsp3) is 0.733. The maximum atomic E-state index is 12.6. The first-order valence-corrected chi connectivity index (χ1v) is 8.57. The Labute approximate surface area is 135 Å². The average molecular weight is 357 g/mol. The summed E-state index contributed by atoms with van der Waals surface area (Å²) in [6, 6.07) is 0. The molecule has 1 aliphatic heterocycles. The monoisotopic (exact) mass is 356 g/mol. The summed E-state index contributed by atoms with van der Waals surface area (Å²) in [7, 11) is 0. The van der Waals surface area contributed by atoms with Gasteiger partial charge in [0.2, 0.25) is 0 Å². The third kappa shape index (κ3) is 3.86. The molecule has 0 unspecified atom stereocenters. The van der Waals surface area contributed by atoms with E-state index in [1.54, 1.807) is 0 Å². The lowest BCUT2D eigenvalue weighted by atomic mass is 9.96. The fourth-order valence-electron chi connectivity index (χ4n) is 2.70. The molecule has 0 aromatic carbocycles. The summed E-state index contributed by atoms with van der Waals surface area (Å²) < 4.78 is 0.817. The van der Waals surface area contributed by atoms with Gasteiger partial charge in [-0.05, 0) is 53.7 Å². The first-order chi connectivity index (χ1) is 10.0. The molecule has 6 heteroatoms. The van der Waals surface area contributed by atoms with Crippen LogP contribution in [0.3, 0.4) is 0 Å². The van der Waals surface area contributed by atoms with Gasteiger partial charge in [-0.25, -0.2) is 0 Å². The minimum Gasteiger partial charge on any atom is -0.337 e. The Kier molecular flexibility index (Phi) is 5.81. The number of amides is 1. The van der Waals surface area contributed by atoms with Crippen LogP contribution in [0.4, 0.5) is 0 Å². The highest BCUT2D eigenvalue weighted by Gasteiger charge is 2.27. The second kappa shape index (κ2) is 7.40. The molecule has 2 rings (SSSR count). The summed E-state index contributed by atoms with van der Waals surface area (Å²) >= 11 is 3.51. The highest BCUT2D eigenvalue weighted by atomic mass is 79.9. The molecule has 21 heavy (non-hydrogen) atoms. The van der Waals surface area contributed by atoms with Crippen molar-refractivity contribution < 1.29 is 4.79 Å². The third-order valence-electron chi connectivity index (χ3n) is 4.10. The van der Waals surface area contributed by atoms with Crippen molar-refractivity contribution in [3.05, 3.63) is 15.9 Å². The number of hydrogen-bond donors (Lipinski definition) is 2. The largest absolute Gasteiger partial charge is 0.337 e. The summed E-state index contributed by atoms with van der Waals surface area (Å²) in [6.45, 7) is 10.0. The van der Waals surface area contributed by atoms with Gasteiger partial charge in [0.25, 0.3) is 5.91 Å². The van der Waals surface area contributed by atoms with Gasteiger partial charge in [0, 0.05) is 13.1 Å². The van der Waals surface area contributed by atoms with Crippen molar-refractivity contribution in [3.63, 3.8) is 0 Å². The quantitative estimate of drug-likeness (QED) is 0.852. The Bertz CT molecular complexity index is 478. The zero-order valence-electron chi connectivity index (χ0n) is 13.1. The summed E-state index contributed by atoms with van der Waals surface area (Å²) in [5, 5.41) is 10.6. The van der Waals surface area contributed by atoms with Gasteiger partial charge in [0.05, 0.1) is 10.2 Å². The molecule has 1 aromatic heterocycles. The van der Waals surface area contributed by atoms with Crippen molar-refractivity contribution in [1.29, 1.82) is 0 Å². The number of aromatic amines is 1. The molecular formula is C15H25BrN4O. The van der Waals surface area contributed by atoms with E-state index in [0.29, 0.717) is 17.5 Å². The second-order valence-electron chi connectivity index (χ2n) is 6.00. The van der Waals surface area contributed by atoms with Gasteiger partial charge in [-0.15, -0.1) is 0 Å². The summed E-state index contributed by atoms with van der Waals surface area (Å²) in [6.07, 6.45) is 2.13. The molecule has 1 amide bonds. The molecule has 0 spiro atoms. The molecule has 1 aromatic rings. The number of hydrogen-bond acceptors (Lipinski definition) is 3. The van der Waals surface area contributed by atoms with Crippen molar-refractivity contribution in [3.8, 4) is 0 Å². The molecule has 0 radical (unpaired) electrons. The Morgan fingerprint density at radius 2 is 2.14 bits per heavy atom. The van der Waals surface area contributed by atoms with Crippen molar-refractivity contribution >= 4 is 21.8 Å². The average Bonchev–Trinajstić information content (AvgIpc) is 2.87. The number of piperidine rings is 1. The third-order valence-corrected chi connectivity index (χ3v) is 4.90. The SMILES string of the molecule is CCNCC1CCN(C(=O)c2n[nH]c(C(C)C)c2Br)CC1. The molecule has 1 fully saturated rings. The number of nitrogens with one attached hydrogen (secondary N) is 2. The topological polar surface area (TPSA) is 61.0 Å². The molecule has 0 saturated carbocycles. The van der Waals surface area contributed by atoms with Crippen molar-refractivity contribution in [2.24, 2.45) is 5.92 Å². The number of H-pyrrole nitrogens is 1. The molecule has 2 heterocycles. The minimum absolute atomic E-state index is 0.0342. The van der Waals surface area contributed by atoms with E-state index in [1.807, 2.05) is 4.90 Å². The zero-order valence-corrected chi connectivity index (χ0v) is 14.7. The summed E-state index contributed by atoms with van der Waals surface area (Å²) in [5.74, 6) is 1.04. The molecule has 2 N–H and O–H groups in total. The van der Waals surface area contributed by atoms with E-state index >= 15 is 0 Å². The van der Waals surface area contributed by atoms with Gasteiger partial charge in [0.1, 0.15) is 0 Å². The van der Waals surface area contributed by atoms with Gasteiger partial charge in [-0.3, -0.25) is 9.89 Å². The van der Waals surface area contributed by atoms with Gasteiger partial charge in [0.15, 0.2) is 5.69 Å². The van der Waals surface area contributed by atoms with Gasteiger partial charge < -0.3 is 10.2 Å². The number of carbonyl (C=O) groups is 1. The summed E-state index contributed by atoms with van der Waals surface area (Å²) in [5.41, 5.74) is 1.50. The molecule has 0 aliphatic carbocycles. The van der Waals surface area contributed by atoms with Crippen LogP contribution >= 0.6 is 15.9 Å². The van der Waals surface area contributed by atoms with Crippen LogP contribution in [0.15, 0.2) is 4.47 Å². The number of aromatic nitrogens is 2. The van der Waals surface area contributed by atoms with E-state index in [4.69, 9.17) is 0 Å². The van der Waals surface area contributed by atoms with Crippen LogP contribution in [0, 0.1) is 5.92 Å². The van der Waals surface area contributed by atoms with Crippen LogP contribution in [-0.4, -0.2) is 47.2 Å². The van der Waals surface area contributed by atoms with E-state index in [9.17, 15) is 4.79 Å². The van der Waals surface area contributed by atoms with Crippen LogP contribution in [0.1, 0.15) is 55.7 Å². The highest BCUT2D eigenvalue weighted by Crippen LogP contribution is 2.27. The maximum absolute atomic E-state index is 12.6. The minimum atomic E-state index is 0.0342. The van der Waals surface area contributed by atoms with Gasteiger partial charge in [-0.1, -0.05) is 20.8 Å². The lowest BCUT2D eigenvalue weighted by Crippen LogP contribution is -2.41. The molecular weight excluding hydrogens is 332 g/mol. The predicted octanol–water partition coefficient (Wildman–Crippen LogP) is 2.76. The van der Waals surface area contributed by atoms with Crippen molar-refractivity contribution in [1.82, 2.24) is 20.4 Å². The maximum Gasteiger partial charge on any atom is 0.275 e. The number of likely N-dealkylation sites (tertiary alicyclic amines) is 1. The van der Waals surface area contributed by atoms with Crippen LogP contribution in [0.2, 0.25) is 0 Å². The molecule has 1 aliphatic rings. The van der Waals surface area contributed by atoms with Crippen LogP contribution in [0.5, 0.6) is 0 Å². The van der Waals surface area contributed by atoms with Crippen LogP contribution < -0.4 is 5.32 Å². The number of nitrogens with zero attached hydrogens (tertiary/aromatic N) is 2. The smallest absolute Gasteiger partial charge is 0.275 e. The lowest BCUT2D eigenvalue weighted by molar-refractivity contribution is 0.0683. The first-order valence-electron chi connectivity index (χ1n) is 7.78. The van der Waals surface area contributed by atoms with Gasteiger partial charge in [-0.2, -0.15) is 5.10 Å². The number of halogens is 1. The normalized spacial score (nSPS) is 16.7. The van der Waals surface area contributed by atoms with Gasteiger partial charge >= 0.3 is 0 Å². The number of carbonyl (C=O) groups excluding carboxylic acids is 1. The van der Waals surface area contributed by atoms with E-state index in [1.165, 1.54) is 0 Å². The van der Waals surface area contributed by atoms with Crippen LogP contribution in [0.25, 0.3) is 0 Å². The Morgan fingerprint density at radius 3 is 2.67 bits per heavy atom. The van der Waals surface area contributed by atoms with Crippen LogP contribution in [-0.2, 0) is 0 Å². The first kappa shape index (κ1) is 16.5. The molecule has 5 nitrogen and oxygen atoms in total. The molecule has 1 saturated heterocycles. The Balaban J connectivity index is 1.96. The lowest BCUT2D eigenvalue weighted by Gasteiger charge is -2.31. The van der Waals surface area contributed by atoms with E-state index < -0.39 is 0 Å². The second-order valence-corrected chi connectivity index (χ2v) is 6.79. The summed E-state index contributed by atoms with van der Waals surface area (Å²) in [4.78, 5) is 14.5. The van der Waals surface area contributed by atoms with E-state index in [2.05, 4.69) is 52.2 Å². The molecule has 118 valence electrons. The van der Waals surface area contributed by atoms with E-state index in [-0.39, 0.29) is 5.91 Å². The zero-order chi connectivity index (χ0) is 15.4. The fourth-order valence-corrected chi connectivity index (χ4v) is 3.51. The number of rotatable bonds is 5. The van der Waals surface area contributed by atoms with Crippen molar-refractivity contribution in [2.45, 2.75) is 39.5 Å². The molecule has 0 atom stereocenters. The standard InChI is InChI=1S/C15H25BrN4O/c1-4-17-9-11-5-7-20(8-6-11)15(21)14-12(16)13(10(2)3)18-19-14/h10-11,17H,4-9H2,1-3H3,(H,18,19).